The largest absolute Gasteiger partial charge is 0.493 e. The normalized spacial score (nSPS) is 17.7. The molecule has 1 N–H and O–H groups in total. The lowest BCUT2D eigenvalue weighted by molar-refractivity contribution is 0.0494. The summed E-state index contributed by atoms with van der Waals surface area (Å²) in [5.74, 6) is 0.323. The number of nitrogens with one attached hydrogen (secondary N) is 1. The van der Waals surface area contributed by atoms with Crippen LogP contribution in [0.25, 0.3) is 0 Å². The SMILES string of the molecule is CCCCOC(=O)c1cc(C2CC2)c(OCC2CNC2)cc1F. The number of carbonyl (C=O) groups excluding carboxylic acids is 1. The summed E-state index contributed by atoms with van der Waals surface area (Å²) in [5, 5.41) is 3.19. The Morgan fingerprint density at radius 1 is 1.35 bits per heavy atom. The van der Waals surface area contributed by atoms with Crippen LogP contribution in [0.15, 0.2) is 12.1 Å². The number of esters is 1. The monoisotopic (exact) mass is 321 g/mol. The number of carbonyl (C=O) groups is 1. The predicted octanol–water partition coefficient (Wildman–Crippen LogP) is 3.26. The molecule has 2 fully saturated rings. The molecule has 0 aromatic heterocycles. The third-order valence-corrected chi connectivity index (χ3v) is 4.41. The minimum absolute atomic E-state index is 0.0284. The maximum absolute atomic E-state index is 14.3. The average molecular weight is 321 g/mol. The van der Waals surface area contributed by atoms with Crippen molar-refractivity contribution in [3.05, 3.63) is 29.1 Å². The molecule has 0 radical (unpaired) electrons. The second kappa shape index (κ2) is 7.30. The van der Waals surface area contributed by atoms with E-state index in [0.29, 0.717) is 30.8 Å². The van der Waals surface area contributed by atoms with Crippen LogP contribution >= 0.6 is 0 Å². The molecule has 1 saturated heterocycles. The summed E-state index contributed by atoms with van der Waals surface area (Å²) in [6.45, 7) is 4.84. The summed E-state index contributed by atoms with van der Waals surface area (Å²) < 4.78 is 25.3. The summed E-state index contributed by atoms with van der Waals surface area (Å²) in [4.78, 5) is 12.1. The van der Waals surface area contributed by atoms with Crippen molar-refractivity contribution in [2.45, 2.75) is 38.5 Å². The van der Waals surface area contributed by atoms with Crippen molar-refractivity contribution in [2.24, 2.45) is 5.92 Å². The molecule has 0 unspecified atom stereocenters. The van der Waals surface area contributed by atoms with Crippen LogP contribution in [0.1, 0.15) is 54.4 Å². The summed E-state index contributed by atoms with van der Waals surface area (Å²) >= 11 is 0. The second-order valence-corrected chi connectivity index (χ2v) is 6.47. The predicted molar refractivity (Wildman–Crippen MR) is 85.4 cm³/mol. The third kappa shape index (κ3) is 4.02. The first-order chi connectivity index (χ1) is 11.2. The summed E-state index contributed by atoms with van der Waals surface area (Å²) in [5.41, 5.74) is 0.974. The Morgan fingerprint density at radius 2 is 2.13 bits per heavy atom. The van der Waals surface area contributed by atoms with Crippen molar-refractivity contribution in [3.63, 3.8) is 0 Å². The van der Waals surface area contributed by atoms with Crippen molar-refractivity contribution in [1.29, 1.82) is 0 Å². The van der Waals surface area contributed by atoms with E-state index in [1.54, 1.807) is 6.07 Å². The van der Waals surface area contributed by atoms with Gasteiger partial charge in [0, 0.05) is 25.1 Å². The number of benzene rings is 1. The number of halogens is 1. The Labute approximate surface area is 136 Å². The van der Waals surface area contributed by atoms with Crippen LogP contribution in [0.4, 0.5) is 4.39 Å². The first-order valence-corrected chi connectivity index (χ1v) is 8.53. The van der Waals surface area contributed by atoms with Crippen molar-refractivity contribution in [3.8, 4) is 5.75 Å². The van der Waals surface area contributed by atoms with E-state index in [1.807, 2.05) is 6.92 Å². The Kier molecular flexibility index (Phi) is 5.16. The van der Waals surface area contributed by atoms with Crippen molar-refractivity contribution < 1.29 is 18.7 Å². The van der Waals surface area contributed by atoms with E-state index < -0.39 is 11.8 Å². The molecule has 5 heteroatoms. The molecule has 1 aromatic carbocycles. The molecule has 2 aliphatic rings. The molecular weight excluding hydrogens is 297 g/mol. The van der Waals surface area contributed by atoms with Gasteiger partial charge in [0.05, 0.1) is 18.8 Å². The van der Waals surface area contributed by atoms with Crippen molar-refractivity contribution in [2.75, 3.05) is 26.3 Å². The maximum atomic E-state index is 14.3. The Hall–Kier alpha value is -1.62. The smallest absolute Gasteiger partial charge is 0.341 e. The summed E-state index contributed by atoms with van der Waals surface area (Å²) in [6.07, 6.45) is 3.86. The van der Waals surface area contributed by atoms with E-state index in [9.17, 15) is 9.18 Å². The Morgan fingerprint density at radius 3 is 2.74 bits per heavy atom. The molecule has 0 amide bonds. The van der Waals surface area contributed by atoms with Gasteiger partial charge < -0.3 is 14.8 Å². The van der Waals surface area contributed by atoms with Crippen LogP contribution in [0.5, 0.6) is 5.75 Å². The molecule has 4 nitrogen and oxygen atoms in total. The van der Waals surface area contributed by atoms with Gasteiger partial charge in [-0.1, -0.05) is 13.3 Å². The highest BCUT2D eigenvalue weighted by molar-refractivity contribution is 5.90. The lowest BCUT2D eigenvalue weighted by Gasteiger charge is -2.27. The molecule has 23 heavy (non-hydrogen) atoms. The number of hydrogen-bond acceptors (Lipinski definition) is 4. The third-order valence-electron chi connectivity index (χ3n) is 4.41. The first-order valence-electron chi connectivity index (χ1n) is 8.53. The highest BCUT2D eigenvalue weighted by atomic mass is 19.1. The molecule has 1 heterocycles. The van der Waals surface area contributed by atoms with Gasteiger partial charge >= 0.3 is 5.97 Å². The van der Waals surface area contributed by atoms with E-state index in [-0.39, 0.29) is 5.56 Å². The summed E-state index contributed by atoms with van der Waals surface area (Å²) in [7, 11) is 0. The molecule has 126 valence electrons. The highest BCUT2D eigenvalue weighted by Gasteiger charge is 2.30. The Bertz CT molecular complexity index is 568. The number of hydrogen-bond donors (Lipinski definition) is 1. The molecule has 1 aliphatic carbocycles. The molecule has 0 atom stereocenters. The standard InChI is InChI=1S/C18H24FNO3/c1-2-3-6-22-18(21)15-7-14(13-4-5-13)17(8-16(15)19)23-11-12-9-20-10-12/h7-8,12-13,20H,2-6,9-11H2,1H3. The molecular formula is C18H24FNO3. The molecule has 3 rings (SSSR count). The average Bonchev–Trinajstić information content (AvgIpc) is 3.30. The van der Waals surface area contributed by atoms with E-state index in [2.05, 4.69) is 5.32 Å². The quantitative estimate of drug-likeness (QED) is 0.590. The van der Waals surface area contributed by atoms with Gasteiger partial charge in [-0.2, -0.15) is 0 Å². The lowest BCUT2D eigenvalue weighted by Crippen LogP contribution is -2.45. The van der Waals surface area contributed by atoms with Gasteiger partial charge in [0.25, 0.3) is 0 Å². The van der Waals surface area contributed by atoms with Crippen LogP contribution in [0.2, 0.25) is 0 Å². The van der Waals surface area contributed by atoms with Crippen LogP contribution in [0.3, 0.4) is 0 Å². The van der Waals surface area contributed by atoms with E-state index in [1.165, 1.54) is 6.07 Å². The zero-order chi connectivity index (χ0) is 16.2. The van der Waals surface area contributed by atoms with Crippen molar-refractivity contribution >= 4 is 5.97 Å². The Balaban J connectivity index is 1.73. The van der Waals surface area contributed by atoms with Gasteiger partial charge in [-0.3, -0.25) is 0 Å². The van der Waals surface area contributed by atoms with Crippen LogP contribution in [0, 0.1) is 11.7 Å². The van der Waals surface area contributed by atoms with Gasteiger partial charge in [0.1, 0.15) is 11.6 Å². The van der Waals surface area contributed by atoms with Crippen LogP contribution in [-0.2, 0) is 4.74 Å². The zero-order valence-electron chi connectivity index (χ0n) is 13.6. The van der Waals surface area contributed by atoms with Crippen molar-refractivity contribution in [1.82, 2.24) is 5.32 Å². The molecule has 1 aromatic rings. The molecule has 0 bridgehead atoms. The first kappa shape index (κ1) is 16.2. The fourth-order valence-electron chi connectivity index (χ4n) is 2.63. The van der Waals surface area contributed by atoms with E-state index in [0.717, 1.165) is 44.3 Å². The van der Waals surface area contributed by atoms with Gasteiger partial charge in [0.2, 0.25) is 0 Å². The number of unbranched alkanes of at least 4 members (excludes halogenated alkanes) is 1. The maximum Gasteiger partial charge on any atom is 0.341 e. The number of ether oxygens (including phenoxy) is 2. The zero-order valence-corrected chi connectivity index (χ0v) is 13.6. The second-order valence-electron chi connectivity index (χ2n) is 6.47. The van der Waals surface area contributed by atoms with E-state index in [4.69, 9.17) is 9.47 Å². The molecule has 1 saturated carbocycles. The van der Waals surface area contributed by atoms with Gasteiger partial charge in [0.15, 0.2) is 0 Å². The minimum atomic E-state index is -0.576. The van der Waals surface area contributed by atoms with Gasteiger partial charge in [-0.15, -0.1) is 0 Å². The van der Waals surface area contributed by atoms with Crippen LogP contribution in [-0.4, -0.2) is 32.3 Å². The fraction of sp³-hybridized carbons (Fsp3) is 0.611. The molecule has 1 aliphatic heterocycles. The topological polar surface area (TPSA) is 47.6 Å². The van der Waals surface area contributed by atoms with Gasteiger partial charge in [-0.05, 0) is 36.8 Å². The highest BCUT2D eigenvalue weighted by Crippen LogP contribution is 2.45. The number of rotatable bonds is 8. The van der Waals surface area contributed by atoms with Gasteiger partial charge in [-0.25, -0.2) is 9.18 Å². The molecule has 0 spiro atoms. The fourth-order valence-corrected chi connectivity index (χ4v) is 2.63. The lowest BCUT2D eigenvalue weighted by atomic mass is 10.0. The van der Waals surface area contributed by atoms with E-state index >= 15 is 0 Å². The minimum Gasteiger partial charge on any atom is -0.493 e. The summed E-state index contributed by atoms with van der Waals surface area (Å²) in [6, 6.07) is 2.99. The van der Waals surface area contributed by atoms with Crippen LogP contribution < -0.4 is 10.1 Å².